The molecular weight excluding hydrogens is 476 g/mol. The van der Waals surface area contributed by atoms with Crippen molar-refractivity contribution >= 4 is 17.5 Å². The number of hydrogen-bond donors (Lipinski definition) is 2. The Kier molecular flexibility index (Phi) is 7.31. The fourth-order valence-electron chi connectivity index (χ4n) is 4.50. The predicted octanol–water partition coefficient (Wildman–Crippen LogP) is 4.61. The lowest BCUT2D eigenvalue weighted by atomic mass is 10.1. The third kappa shape index (κ3) is 5.34. The number of hydrogen-bond acceptors (Lipinski definition) is 4. The van der Waals surface area contributed by atoms with Crippen LogP contribution in [0.15, 0.2) is 85.3 Å². The molecule has 8 nitrogen and oxygen atoms in total. The highest BCUT2D eigenvalue weighted by Crippen LogP contribution is 2.23. The quantitative estimate of drug-likeness (QED) is 0.372. The van der Waals surface area contributed by atoms with Crippen molar-refractivity contribution in [3.05, 3.63) is 102 Å². The number of fused-ring (bicyclic) bond motifs is 2. The average molecular weight is 507 g/mol. The first kappa shape index (κ1) is 25.0. The lowest BCUT2D eigenvalue weighted by Crippen LogP contribution is -2.17. The second-order valence-electron chi connectivity index (χ2n) is 9.10. The third-order valence-corrected chi connectivity index (χ3v) is 6.61. The fraction of sp³-hybridized carbons (Fsp3) is 0.200. The van der Waals surface area contributed by atoms with E-state index in [2.05, 4.69) is 31.4 Å². The number of aromatic nitrogens is 4. The Bertz CT molecular complexity index is 1510. The molecule has 6 rings (SSSR count). The van der Waals surface area contributed by atoms with E-state index in [1.54, 1.807) is 26.2 Å². The van der Waals surface area contributed by atoms with E-state index in [9.17, 15) is 9.59 Å². The maximum absolute atomic E-state index is 11.5. The highest BCUT2D eigenvalue weighted by atomic mass is 16.2. The molecule has 8 heteroatoms. The summed E-state index contributed by atoms with van der Waals surface area (Å²) < 4.78 is 4.22. The van der Waals surface area contributed by atoms with Crippen molar-refractivity contribution in [3.63, 3.8) is 0 Å². The van der Waals surface area contributed by atoms with Gasteiger partial charge in [-0.2, -0.15) is 0 Å². The summed E-state index contributed by atoms with van der Waals surface area (Å²) in [6.07, 6.45) is 9.58. The molecule has 0 spiro atoms. The fourth-order valence-corrected chi connectivity index (χ4v) is 4.50. The molecule has 0 unspecified atom stereocenters. The second-order valence-corrected chi connectivity index (χ2v) is 9.10. The van der Waals surface area contributed by atoms with Gasteiger partial charge in [-0.3, -0.25) is 9.59 Å². The summed E-state index contributed by atoms with van der Waals surface area (Å²) in [6, 6.07) is 20.9. The van der Waals surface area contributed by atoms with Crippen LogP contribution in [0, 0.1) is 0 Å². The van der Waals surface area contributed by atoms with Crippen molar-refractivity contribution in [1.82, 2.24) is 29.6 Å². The van der Waals surface area contributed by atoms with Crippen molar-refractivity contribution < 1.29 is 9.59 Å². The van der Waals surface area contributed by atoms with Crippen molar-refractivity contribution in [3.8, 4) is 22.5 Å². The molecule has 0 aliphatic carbocycles. The summed E-state index contributed by atoms with van der Waals surface area (Å²) in [6.45, 7) is 1.07. The number of benzene rings is 2. The molecule has 0 bridgehead atoms. The zero-order valence-corrected chi connectivity index (χ0v) is 21.5. The molecule has 2 aromatic carbocycles. The maximum atomic E-state index is 11.5. The molecule has 0 saturated heterocycles. The average Bonchev–Trinajstić information content (AvgIpc) is 3.61. The number of carbonyl (C=O) groups is 2. The molecule has 3 aromatic heterocycles. The van der Waals surface area contributed by atoms with Crippen LogP contribution in [0.1, 0.15) is 39.4 Å². The van der Waals surface area contributed by atoms with Crippen molar-refractivity contribution in [2.45, 2.75) is 25.8 Å². The van der Waals surface area contributed by atoms with Gasteiger partial charge in [0.2, 0.25) is 0 Å². The number of carbonyl (C=O) groups excluding carboxylic acids is 2. The Morgan fingerprint density at radius 1 is 0.737 bits per heavy atom. The largest absolute Gasteiger partial charge is 0.355 e. The van der Waals surface area contributed by atoms with Gasteiger partial charge in [-0.25, -0.2) is 9.97 Å². The van der Waals surface area contributed by atoms with Gasteiger partial charge in [0.1, 0.15) is 11.5 Å². The van der Waals surface area contributed by atoms with E-state index in [4.69, 9.17) is 0 Å². The monoisotopic (exact) mass is 506 g/mol. The lowest BCUT2D eigenvalue weighted by Gasteiger charge is -2.11. The number of nitrogens with one attached hydrogen (secondary N) is 2. The van der Waals surface area contributed by atoms with E-state index in [0.717, 1.165) is 41.1 Å². The van der Waals surface area contributed by atoms with E-state index in [-0.39, 0.29) is 11.8 Å². The van der Waals surface area contributed by atoms with Gasteiger partial charge in [-0.1, -0.05) is 30.3 Å². The zero-order valence-electron chi connectivity index (χ0n) is 21.5. The van der Waals surface area contributed by atoms with Gasteiger partial charge in [0.05, 0.1) is 11.4 Å². The molecule has 4 heterocycles. The van der Waals surface area contributed by atoms with Crippen LogP contribution < -0.4 is 10.6 Å². The van der Waals surface area contributed by atoms with E-state index in [1.165, 1.54) is 18.7 Å². The van der Waals surface area contributed by atoms with Gasteiger partial charge in [-0.15, -0.1) is 0 Å². The normalized spacial score (nSPS) is 12.3. The smallest absolute Gasteiger partial charge is 0.251 e. The van der Waals surface area contributed by atoms with Gasteiger partial charge < -0.3 is 19.6 Å². The van der Waals surface area contributed by atoms with Crippen molar-refractivity contribution in [2.75, 3.05) is 14.1 Å². The van der Waals surface area contributed by atoms with Gasteiger partial charge in [0, 0.05) is 67.9 Å². The van der Waals surface area contributed by atoms with Gasteiger partial charge in [0.25, 0.3) is 11.8 Å². The molecule has 38 heavy (non-hydrogen) atoms. The minimum absolute atomic E-state index is 0.0596. The SMILES string of the molecule is CNC(=O)c1ccc(-c2cn3c(n2)CCCC3)cc1.CNC(=O)c1ccc(-c2cn3ccccc3n2)cc1. The number of nitrogens with zero attached hydrogens (tertiary/aromatic N) is 4. The molecule has 2 amide bonds. The summed E-state index contributed by atoms with van der Waals surface area (Å²) in [5.41, 5.74) is 6.19. The Hall–Kier alpha value is -4.72. The molecule has 0 fully saturated rings. The van der Waals surface area contributed by atoms with Crippen LogP contribution in [0.2, 0.25) is 0 Å². The molecule has 2 N–H and O–H groups in total. The molecule has 1 aliphatic rings. The van der Waals surface area contributed by atoms with Gasteiger partial charge >= 0.3 is 0 Å². The van der Waals surface area contributed by atoms with Crippen LogP contribution in [0.4, 0.5) is 0 Å². The van der Waals surface area contributed by atoms with Crippen molar-refractivity contribution in [1.29, 1.82) is 0 Å². The van der Waals surface area contributed by atoms with Crippen molar-refractivity contribution in [2.24, 2.45) is 0 Å². The summed E-state index contributed by atoms with van der Waals surface area (Å²) in [5.74, 6) is 1.04. The predicted molar refractivity (Wildman–Crippen MR) is 148 cm³/mol. The van der Waals surface area contributed by atoms with Crippen LogP contribution in [0.25, 0.3) is 28.2 Å². The first-order chi connectivity index (χ1) is 18.6. The Morgan fingerprint density at radius 2 is 1.34 bits per heavy atom. The number of aryl methyl sites for hydroxylation is 2. The minimum atomic E-state index is -0.0819. The Labute approximate surface area is 221 Å². The Morgan fingerprint density at radius 3 is 1.89 bits per heavy atom. The van der Waals surface area contributed by atoms with Crippen LogP contribution in [0.3, 0.4) is 0 Å². The van der Waals surface area contributed by atoms with E-state index < -0.39 is 0 Å². The highest BCUT2D eigenvalue weighted by Gasteiger charge is 2.13. The lowest BCUT2D eigenvalue weighted by molar-refractivity contribution is 0.0955. The molecule has 192 valence electrons. The summed E-state index contributed by atoms with van der Waals surface area (Å²) in [4.78, 5) is 32.2. The van der Waals surface area contributed by atoms with Gasteiger partial charge in [-0.05, 0) is 49.2 Å². The zero-order chi connectivity index (χ0) is 26.5. The van der Waals surface area contributed by atoms with Crippen LogP contribution >= 0.6 is 0 Å². The van der Waals surface area contributed by atoms with Crippen LogP contribution in [-0.2, 0) is 13.0 Å². The minimum Gasteiger partial charge on any atom is -0.355 e. The van der Waals surface area contributed by atoms with Gasteiger partial charge in [0.15, 0.2) is 0 Å². The topological polar surface area (TPSA) is 93.3 Å². The third-order valence-electron chi connectivity index (χ3n) is 6.61. The molecule has 0 saturated carbocycles. The summed E-state index contributed by atoms with van der Waals surface area (Å²) >= 11 is 0. The second kappa shape index (κ2) is 11.1. The van der Waals surface area contributed by atoms with Crippen LogP contribution in [0.5, 0.6) is 0 Å². The number of rotatable bonds is 4. The first-order valence-corrected chi connectivity index (χ1v) is 12.7. The maximum Gasteiger partial charge on any atom is 0.251 e. The molecular formula is C30H30N6O2. The molecule has 0 atom stereocenters. The summed E-state index contributed by atoms with van der Waals surface area (Å²) in [7, 11) is 3.26. The molecule has 5 aromatic rings. The number of imidazole rings is 2. The van der Waals surface area contributed by atoms with E-state index >= 15 is 0 Å². The van der Waals surface area contributed by atoms with E-state index in [1.807, 2.05) is 71.4 Å². The van der Waals surface area contributed by atoms with Crippen LogP contribution in [-0.4, -0.2) is 44.8 Å². The molecule has 0 radical (unpaired) electrons. The standard InChI is InChI=1S/C15H17N3O.C15H13N3O/c2*1-16-15(19)12-7-5-11(6-8-12)13-10-18-9-3-2-4-14(18)17-13/h5-8,10H,2-4,9H2,1H3,(H,16,19);2-10H,1H3,(H,16,19). The first-order valence-electron chi connectivity index (χ1n) is 12.7. The number of pyridine rings is 1. The summed E-state index contributed by atoms with van der Waals surface area (Å²) in [5, 5.41) is 5.22. The Balaban J connectivity index is 0.000000155. The van der Waals surface area contributed by atoms with E-state index in [0.29, 0.717) is 11.1 Å². The molecule has 1 aliphatic heterocycles. The number of amides is 2. The highest BCUT2D eigenvalue weighted by molar-refractivity contribution is 5.95.